The van der Waals surface area contributed by atoms with Crippen molar-refractivity contribution in [1.82, 2.24) is 10.2 Å². The van der Waals surface area contributed by atoms with Crippen LogP contribution in [0.1, 0.15) is 89.9 Å². The molecule has 0 aliphatic carbocycles. The number of esters is 1. The first-order valence-corrected chi connectivity index (χ1v) is 12.8. The summed E-state index contributed by atoms with van der Waals surface area (Å²) in [7, 11) is 0. The maximum absolute atomic E-state index is 12.0. The second-order valence-corrected chi connectivity index (χ2v) is 9.16. The monoisotopic (exact) mass is 495 g/mol. The number of carboxylic acids is 1. The summed E-state index contributed by atoms with van der Waals surface area (Å²) in [5.74, 6) is -0.851. The van der Waals surface area contributed by atoms with Crippen molar-refractivity contribution in [2.24, 2.45) is 5.73 Å². The molecule has 0 spiro atoms. The normalized spacial score (nSPS) is 21.4. The third kappa shape index (κ3) is 11.6. The second kappa shape index (κ2) is 16.1. The molecule has 2 heterocycles. The first-order valence-electron chi connectivity index (χ1n) is 12.8. The third-order valence-electron chi connectivity index (χ3n) is 6.09. The van der Waals surface area contributed by atoms with Gasteiger partial charge in [-0.05, 0) is 18.9 Å². The smallest absolute Gasteiger partial charge is 0.329 e. The van der Waals surface area contributed by atoms with Crippen LogP contribution in [0.3, 0.4) is 0 Å². The van der Waals surface area contributed by atoms with Gasteiger partial charge in [0.25, 0.3) is 0 Å². The lowest BCUT2D eigenvalue weighted by atomic mass is 10.0. The number of rotatable bonds is 18. The Balaban J connectivity index is 1.42. The van der Waals surface area contributed by atoms with E-state index in [1.54, 1.807) is 6.08 Å². The Kier molecular flexibility index (Phi) is 13.2. The zero-order chi connectivity index (χ0) is 25.5. The maximum Gasteiger partial charge on any atom is 0.329 e. The van der Waals surface area contributed by atoms with Crippen molar-refractivity contribution in [3.63, 3.8) is 0 Å². The van der Waals surface area contributed by atoms with Gasteiger partial charge >= 0.3 is 18.0 Å². The molecule has 0 fully saturated rings. The number of nitrogens with two attached hydrogens (primary N) is 1. The largest absolute Gasteiger partial charge is 0.481 e. The predicted molar refractivity (Wildman–Crippen MR) is 130 cm³/mol. The molecule has 0 bridgehead atoms. The van der Waals surface area contributed by atoms with Gasteiger partial charge in [0.15, 0.2) is 6.10 Å². The molecule has 10 nitrogen and oxygen atoms in total. The standard InChI is InChI=1S/C25H41N3O7/c26-21-15-16-28(25(33)27-21)22-17-19(29)20(35-22)18-34-24(32)14-12-10-8-6-4-2-1-3-5-7-9-11-13-23(30)31/h15-17,19-21,29H,1-14,18,26H2,(H,27,33)(H,30,31). The van der Waals surface area contributed by atoms with Crippen molar-refractivity contribution in [3.8, 4) is 0 Å². The molecule has 2 rings (SSSR count). The molecular formula is C25H41N3O7. The number of unbranched alkanes of at least 4 members (excludes halogenated alkanes) is 11. The van der Waals surface area contributed by atoms with Gasteiger partial charge in [0.1, 0.15) is 12.7 Å². The van der Waals surface area contributed by atoms with E-state index >= 15 is 0 Å². The fraction of sp³-hybridized carbons (Fsp3) is 0.720. The summed E-state index contributed by atoms with van der Waals surface area (Å²) in [5.41, 5.74) is 5.61. The van der Waals surface area contributed by atoms with Crippen LogP contribution in [-0.2, 0) is 19.1 Å². The second-order valence-electron chi connectivity index (χ2n) is 9.16. The van der Waals surface area contributed by atoms with Crippen LogP contribution < -0.4 is 11.1 Å². The molecule has 5 N–H and O–H groups in total. The molecule has 3 atom stereocenters. The van der Waals surface area contributed by atoms with Crippen molar-refractivity contribution >= 4 is 18.0 Å². The van der Waals surface area contributed by atoms with E-state index in [2.05, 4.69) is 5.32 Å². The summed E-state index contributed by atoms with van der Waals surface area (Å²) in [6.45, 7) is -0.0851. The predicted octanol–water partition coefficient (Wildman–Crippen LogP) is 3.50. The van der Waals surface area contributed by atoms with Crippen molar-refractivity contribution in [3.05, 3.63) is 24.2 Å². The Labute approximate surface area is 207 Å². The maximum atomic E-state index is 12.0. The average molecular weight is 496 g/mol. The molecular weight excluding hydrogens is 454 g/mol. The van der Waals surface area contributed by atoms with Gasteiger partial charge in [-0.1, -0.05) is 64.2 Å². The minimum Gasteiger partial charge on any atom is -0.481 e. The van der Waals surface area contributed by atoms with Crippen LogP contribution in [0.4, 0.5) is 4.79 Å². The highest BCUT2D eigenvalue weighted by Crippen LogP contribution is 2.23. The number of carbonyl (C=O) groups is 3. The zero-order valence-corrected chi connectivity index (χ0v) is 20.5. The van der Waals surface area contributed by atoms with Crippen molar-refractivity contribution in [1.29, 1.82) is 0 Å². The van der Waals surface area contributed by atoms with Gasteiger partial charge < -0.3 is 30.7 Å². The van der Waals surface area contributed by atoms with E-state index in [9.17, 15) is 19.5 Å². The van der Waals surface area contributed by atoms with Gasteiger partial charge in [0.2, 0.25) is 5.88 Å². The van der Waals surface area contributed by atoms with Crippen LogP contribution in [0, 0.1) is 0 Å². The summed E-state index contributed by atoms with van der Waals surface area (Å²) in [5, 5.41) is 21.3. The van der Waals surface area contributed by atoms with Crippen LogP contribution >= 0.6 is 0 Å². The van der Waals surface area contributed by atoms with Crippen molar-refractivity contribution in [2.45, 2.75) is 108 Å². The summed E-state index contributed by atoms with van der Waals surface area (Å²) >= 11 is 0. The topological polar surface area (TPSA) is 151 Å². The molecule has 2 amide bonds. The molecule has 0 saturated carbocycles. The van der Waals surface area contributed by atoms with Gasteiger partial charge in [0, 0.05) is 25.1 Å². The molecule has 10 heteroatoms. The molecule has 0 aromatic carbocycles. The Hall–Kier alpha value is -2.59. The Bertz CT molecular complexity index is 741. The van der Waals surface area contributed by atoms with Crippen LogP contribution in [0.2, 0.25) is 0 Å². The highest BCUT2D eigenvalue weighted by Gasteiger charge is 2.34. The van der Waals surface area contributed by atoms with E-state index in [1.165, 1.54) is 49.3 Å². The highest BCUT2D eigenvalue weighted by molar-refractivity contribution is 5.78. The SMILES string of the molecule is NC1C=CN(C2=CC(O)C(COC(=O)CCCCCCCCCCCCCCC(=O)O)O2)C(=O)N1. The van der Waals surface area contributed by atoms with E-state index in [4.69, 9.17) is 20.3 Å². The number of amides is 2. The van der Waals surface area contributed by atoms with Gasteiger partial charge in [0.05, 0.1) is 6.17 Å². The molecule has 3 unspecified atom stereocenters. The molecule has 35 heavy (non-hydrogen) atoms. The van der Waals surface area contributed by atoms with Crippen molar-refractivity contribution < 1.29 is 34.1 Å². The minimum absolute atomic E-state index is 0.0851. The third-order valence-corrected chi connectivity index (χ3v) is 6.09. The summed E-state index contributed by atoms with van der Waals surface area (Å²) in [6, 6.07) is -0.457. The van der Waals surface area contributed by atoms with Crippen LogP contribution in [0.5, 0.6) is 0 Å². The fourth-order valence-corrected chi connectivity index (χ4v) is 4.03. The lowest BCUT2D eigenvalue weighted by Gasteiger charge is -2.26. The quantitative estimate of drug-likeness (QED) is 0.167. The fourth-order valence-electron chi connectivity index (χ4n) is 4.03. The number of aliphatic hydroxyl groups is 1. The van der Waals surface area contributed by atoms with E-state index < -0.39 is 30.4 Å². The molecule has 2 aliphatic heterocycles. The summed E-state index contributed by atoms with van der Waals surface area (Å²) < 4.78 is 10.8. The first-order chi connectivity index (χ1) is 16.9. The van der Waals surface area contributed by atoms with E-state index in [-0.39, 0.29) is 24.9 Å². The zero-order valence-electron chi connectivity index (χ0n) is 20.5. The van der Waals surface area contributed by atoms with Crippen LogP contribution in [0.25, 0.3) is 0 Å². The number of aliphatic carboxylic acids is 1. The number of nitrogens with zero attached hydrogens (tertiary/aromatic N) is 1. The molecule has 0 radical (unpaired) electrons. The number of hydrogen-bond donors (Lipinski definition) is 4. The number of urea groups is 1. The number of ether oxygens (including phenoxy) is 2. The summed E-state index contributed by atoms with van der Waals surface area (Å²) in [6.07, 6.45) is 15.7. The molecule has 0 aromatic rings. The van der Waals surface area contributed by atoms with E-state index in [0.29, 0.717) is 6.42 Å². The molecule has 0 saturated heterocycles. The number of nitrogens with one attached hydrogen (secondary N) is 1. The van der Waals surface area contributed by atoms with Gasteiger partial charge in [-0.15, -0.1) is 0 Å². The summed E-state index contributed by atoms with van der Waals surface area (Å²) in [4.78, 5) is 35.6. The Morgan fingerprint density at radius 2 is 1.51 bits per heavy atom. The lowest BCUT2D eigenvalue weighted by molar-refractivity contribution is -0.148. The average Bonchev–Trinajstić information content (AvgIpc) is 3.17. The van der Waals surface area contributed by atoms with Gasteiger partial charge in [-0.3, -0.25) is 9.59 Å². The van der Waals surface area contributed by atoms with Crippen LogP contribution in [0.15, 0.2) is 24.2 Å². The number of carboxylic acid groups (broad SMARTS) is 1. The minimum atomic E-state index is -0.980. The van der Waals surface area contributed by atoms with Crippen LogP contribution in [-0.4, -0.2) is 58.1 Å². The van der Waals surface area contributed by atoms with Gasteiger partial charge in [-0.2, -0.15) is 0 Å². The Morgan fingerprint density at radius 1 is 0.971 bits per heavy atom. The number of carbonyl (C=O) groups excluding carboxylic acids is 2. The molecule has 0 aromatic heterocycles. The number of hydrogen-bond acceptors (Lipinski definition) is 7. The molecule has 2 aliphatic rings. The number of aliphatic hydroxyl groups excluding tert-OH is 1. The van der Waals surface area contributed by atoms with E-state index in [0.717, 1.165) is 44.9 Å². The van der Waals surface area contributed by atoms with Gasteiger partial charge in [-0.25, -0.2) is 9.69 Å². The first kappa shape index (κ1) is 28.6. The lowest BCUT2D eigenvalue weighted by Crippen LogP contribution is -2.49. The highest BCUT2D eigenvalue weighted by atomic mass is 16.6. The van der Waals surface area contributed by atoms with E-state index in [1.807, 2.05) is 0 Å². The van der Waals surface area contributed by atoms with Crippen molar-refractivity contribution in [2.75, 3.05) is 6.61 Å². The Morgan fingerprint density at radius 3 is 2.06 bits per heavy atom. The molecule has 198 valence electrons.